The van der Waals surface area contributed by atoms with Gasteiger partial charge in [0.15, 0.2) is 0 Å². The Labute approximate surface area is 166 Å². The van der Waals surface area contributed by atoms with Gasteiger partial charge < -0.3 is 18.8 Å². The van der Waals surface area contributed by atoms with Gasteiger partial charge in [-0.05, 0) is 11.1 Å². The molecule has 2 unspecified atom stereocenters. The van der Waals surface area contributed by atoms with Crippen LogP contribution in [-0.2, 0) is 23.3 Å². The molecule has 0 fully saturated rings. The molecule has 120 valence electrons. The molecule has 0 amide bonds. The summed E-state index contributed by atoms with van der Waals surface area (Å²) in [5.74, 6) is 0.883. The summed E-state index contributed by atoms with van der Waals surface area (Å²) in [5.41, 5.74) is 5.79. The molecule has 0 N–H and O–H groups in total. The second kappa shape index (κ2) is 9.13. The molecule has 24 heavy (non-hydrogen) atoms. The number of allylic oxidation sites excluding steroid dienone is 2. The first kappa shape index (κ1) is 19.6. The first-order valence-electron chi connectivity index (χ1n) is 8.06. The van der Waals surface area contributed by atoms with Crippen molar-refractivity contribution in [2.75, 3.05) is 0 Å². The van der Waals surface area contributed by atoms with E-state index in [0.717, 1.165) is 0 Å². The molecule has 0 heterocycles. The van der Waals surface area contributed by atoms with E-state index >= 15 is 0 Å². The number of fused-ring (bicyclic) bond motifs is 2. The monoisotopic (exact) mass is 426 g/mol. The van der Waals surface area contributed by atoms with Crippen molar-refractivity contribution in [3.8, 4) is 0 Å². The van der Waals surface area contributed by atoms with E-state index < -0.39 is 0 Å². The van der Waals surface area contributed by atoms with Crippen LogP contribution in [0.4, 0.5) is 0 Å². The fourth-order valence-electron chi connectivity index (χ4n) is 3.11. The summed E-state index contributed by atoms with van der Waals surface area (Å²) in [7, 11) is 0. The second-order valence-corrected chi connectivity index (χ2v) is 15.6. The Hall–Kier alpha value is -0.690. The van der Waals surface area contributed by atoms with Crippen LogP contribution in [0.2, 0.25) is 13.1 Å². The van der Waals surface area contributed by atoms with Crippen molar-refractivity contribution in [2.45, 2.75) is 24.9 Å². The summed E-state index contributed by atoms with van der Waals surface area (Å²) < 4.78 is 0. The number of benzene rings is 2. The van der Waals surface area contributed by atoms with Gasteiger partial charge in [0.25, 0.3) is 0 Å². The smallest absolute Gasteiger partial charge is 1.00 e. The van der Waals surface area contributed by atoms with Crippen molar-refractivity contribution in [3.05, 3.63) is 89.4 Å². The van der Waals surface area contributed by atoms with Gasteiger partial charge in [-0.3, -0.25) is 0 Å². The third-order valence-electron chi connectivity index (χ3n) is 4.09. The minimum absolute atomic E-state index is 0. The van der Waals surface area contributed by atoms with Gasteiger partial charge in [0.05, 0.1) is 0 Å². The normalized spacial score (nSPS) is 19.0. The van der Waals surface area contributed by atoms with Crippen molar-refractivity contribution in [1.82, 2.24) is 0 Å². The number of hydrogen-bond acceptors (Lipinski definition) is 0. The van der Waals surface area contributed by atoms with Gasteiger partial charge in [-0.15, -0.1) is 24.0 Å². The summed E-state index contributed by atoms with van der Waals surface area (Å²) in [5, 5.41) is 0. The molecular formula is C21H21ClSiZr. The maximum absolute atomic E-state index is 2.45. The Kier molecular flexibility index (Phi) is 7.47. The van der Waals surface area contributed by atoms with Crippen molar-refractivity contribution in [2.24, 2.45) is 0 Å². The standard InChI is InChI=1S/C19H15.C2H6Si.ClH.Zr/c1-3-7-18-14(5-1)9-11-16(18)13-17-12-10-15-6-2-4-8-19(15)17;1-3-2;;/h1-13,16-17H;1-2H3;1H;/q-1;;;+2/p-1. The Balaban J connectivity index is 0.000000379. The van der Waals surface area contributed by atoms with Crippen molar-refractivity contribution >= 4 is 17.6 Å². The molecule has 0 aliphatic heterocycles. The van der Waals surface area contributed by atoms with Crippen molar-refractivity contribution in [1.29, 1.82) is 0 Å². The van der Waals surface area contributed by atoms with Crippen LogP contribution in [0.15, 0.2) is 60.7 Å². The van der Waals surface area contributed by atoms with Gasteiger partial charge >= 0.3 is 41.9 Å². The van der Waals surface area contributed by atoms with E-state index in [4.69, 9.17) is 0 Å². The van der Waals surface area contributed by atoms with E-state index in [9.17, 15) is 0 Å². The minimum atomic E-state index is 0. The fraction of sp³-hybridized carbons (Fsp3) is 0.190. The number of halogens is 1. The molecule has 0 saturated carbocycles. The first-order valence-corrected chi connectivity index (χ1v) is 14.2. The predicted octanol–water partition coefficient (Wildman–Crippen LogP) is 2.60. The molecule has 0 aromatic heterocycles. The molecule has 0 spiro atoms. The molecule has 2 aliphatic carbocycles. The summed E-state index contributed by atoms with van der Waals surface area (Å²) in [4.78, 5) is 0. The molecule has 3 heteroatoms. The molecule has 4 rings (SSSR count). The van der Waals surface area contributed by atoms with Crippen LogP contribution in [0.1, 0.15) is 34.1 Å². The summed E-state index contributed by atoms with van der Waals surface area (Å²) >= 11 is 1.74. The first-order chi connectivity index (χ1) is 11.1. The van der Waals surface area contributed by atoms with Gasteiger partial charge in [0.1, 0.15) is 0 Å². The molecular weight excluding hydrogens is 407 g/mol. The maximum Gasteiger partial charge on any atom is -1.00 e. The van der Waals surface area contributed by atoms with Crippen LogP contribution in [-0.4, -0.2) is 5.43 Å². The zero-order chi connectivity index (χ0) is 16.2. The van der Waals surface area contributed by atoms with Crippen LogP contribution in [0.3, 0.4) is 0 Å². The molecule has 0 saturated heterocycles. The second-order valence-electron chi connectivity index (χ2n) is 6.22. The molecule has 2 aliphatic rings. The van der Waals surface area contributed by atoms with Gasteiger partial charge in [-0.25, -0.2) is 0 Å². The summed E-state index contributed by atoms with van der Waals surface area (Å²) in [6.07, 6.45) is 11.5. The predicted molar refractivity (Wildman–Crippen MR) is 98.2 cm³/mol. The molecule has 0 bridgehead atoms. The average Bonchev–Trinajstić information content (AvgIpc) is 3.13. The Morgan fingerprint density at radius 1 is 0.792 bits per heavy atom. The van der Waals surface area contributed by atoms with Crippen LogP contribution < -0.4 is 12.4 Å². The fourth-order valence-corrected chi connectivity index (χ4v) is 3.11. The van der Waals surface area contributed by atoms with Crippen LogP contribution in [0.25, 0.3) is 12.2 Å². The van der Waals surface area contributed by atoms with E-state index in [1.165, 1.54) is 22.3 Å². The zero-order valence-electron chi connectivity index (χ0n) is 14.0. The molecule has 0 nitrogen and oxygen atoms in total. The number of hydrogen-bond donors (Lipinski definition) is 0. The minimum Gasteiger partial charge on any atom is -1.00 e. The number of rotatable bonds is 2. The van der Waals surface area contributed by atoms with Crippen LogP contribution in [0, 0.1) is 6.42 Å². The van der Waals surface area contributed by atoms with E-state index in [-0.39, 0.29) is 17.8 Å². The Morgan fingerprint density at radius 2 is 1.17 bits per heavy atom. The molecule has 2 atom stereocenters. The van der Waals surface area contributed by atoms with E-state index in [1.807, 2.05) is 0 Å². The average molecular weight is 428 g/mol. The van der Waals surface area contributed by atoms with E-state index in [0.29, 0.717) is 11.8 Å². The van der Waals surface area contributed by atoms with Gasteiger partial charge in [0.2, 0.25) is 0 Å². The van der Waals surface area contributed by atoms with E-state index in [2.05, 4.69) is 92.3 Å². The SMILES string of the molecule is C1=CC([CH-]C2C=Cc3ccccc32)c2ccccc21.C[Si](C)=[Zr+2].[Cl-]. The Morgan fingerprint density at radius 3 is 1.58 bits per heavy atom. The van der Waals surface area contributed by atoms with Crippen LogP contribution >= 0.6 is 0 Å². The molecule has 0 radical (unpaired) electrons. The van der Waals surface area contributed by atoms with Crippen LogP contribution in [0.5, 0.6) is 0 Å². The Bertz CT molecular complexity index is 715. The largest absolute Gasteiger partial charge is 1.00 e. The van der Waals surface area contributed by atoms with Crippen molar-refractivity contribution < 1.29 is 35.7 Å². The topological polar surface area (TPSA) is 0 Å². The third kappa shape index (κ3) is 4.69. The van der Waals surface area contributed by atoms with Gasteiger partial charge in [-0.2, -0.15) is 0 Å². The zero-order valence-corrected chi connectivity index (χ0v) is 18.3. The van der Waals surface area contributed by atoms with E-state index in [1.54, 1.807) is 23.3 Å². The summed E-state index contributed by atoms with van der Waals surface area (Å²) in [6.45, 7) is 4.62. The van der Waals surface area contributed by atoms with Gasteiger partial charge in [0, 0.05) is 0 Å². The quantitative estimate of drug-likeness (QED) is 0.510. The van der Waals surface area contributed by atoms with Crippen molar-refractivity contribution in [3.63, 3.8) is 0 Å². The molecule has 2 aromatic rings. The third-order valence-corrected chi connectivity index (χ3v) is 4.09. The maximum atomic E-state index is 2.45. The van der Waals surface area contributed by atoms with Gasteiger partial charge in [-0.1, -0.05) is 71.8 Å². The molecule has 2 aromatic carbocycles. The summed E-state index contributed by atoms with van der Waals surface area (Å²) in [6, 6.07) is 17.3.